The molecule has 0 unspecified atom stereocenters. The number of aromatic amines is 1. The molecule has 1 N–H and O–H groups in total. The Morgan fingerprint density at radius 3 is 2.56 bits per heavy atom. The summed E-state index contributed by atoms with van der Waals surface area (Å²) in [6, 6.07) is 7.46. The third kappa shape index (κ3) is 2.03. The van der Waals surface area contributed by atoms with Gasteiger partial charge in [0.05, 0.1) is 11.8 Å². The number of H-pyrrole nitrogens is 1. The Labute approximate surface area is 102 Å². The molecule has 0 aliphatic heterocycles. The number of fused-ring (bicyclic) bond motifs is 2. The standard InChI is InChI=1S/C6H5N3.C6H4N2O/c1-2-5-6(7-3-1)9-4-8-5;1-2-5-6(7-3-1)8-4-9-5/h1-4H,(H,7,8,9);1-4H. The number of hydrogen-bond acceptors (Lipinski definition) is 5. The van der Waals surface area contributed by atoms with E-state index in [1.165, 1.54) is 6.39 Å². The maximum atomic E-state index is 4.94. The summed E-state index contributed by atoms with van der Waals surface area (Å²) in [4.78, 5) is 18.7. The molecule has 0 fully saturated rings. The van der Waals surface area contributed by atoms with Gasteiger partial charge in [0.2, 0.25) is 0 Å². The first kappa shape index (κ1) is 10.4. The number of imidazole rings is 1. The van der Waals surface area contributed by atoms with Crippen molar-refractivity contribution in [2.24, 2.45) is 0 Å². The van der Waals surface area contributed by atoms with Gasteiger partial charge >= 0.3 is 0 Å². The lowest BCUT2D eigenvalue weighted by molar-refractivity contribution is 0.602. The second-order valence-electron chi connectivity index (χ2n) is 3.45. The first-order valence-corrected chi connectivity index (χ1v) is 5.32. The van der Waals surface area contributed by atoms with E-state index in [1.807, 2.05) is 24.3 Å². The van der Waals surface area contributed by atoms with Gasteiger partial charge in [-0.05, 0) is 24.3 Å². The molecule has 4 rings (SSSR count). The average molecular weight is 239 g/mol. The summed E-state index contributed by atoms with van der Waals surface area (Å²) in [6.07, 6.45) is 6.43. The van der Waals surface area contributed by atoms with E-state index in [4.69, 9.17) is 4.42 Å². The number of nitrogens with one attached hydrogen (secondary N) is 1. The number of nitrogens with zero attached hydrogens (tertiary/aromatic N) is 4. The Bertz CT molecular complexity index is 634. The highest BCUT2D eigenvalue weighted by Crippen LogP contribution is 2.05. The zero-order valence-corrected chi connectivity index (χ0v) is 9.32. The second-order valence-corrected chi connectivity index (χ2v) is 3.45. The Hall–Kier alpha value is -2.76. The summed E-state index contributed by atoms with van der Waals surface area (Å²) in [6.45, 7) is 0. The van der Waals surface area contributed by atoms with Crippen molar-refractivity contribution < 1.29 is 4.42 Å². The average Bonchev–Trinajstić information content (AvgIpc) is 3.08. The van der Waals surface area contributed by atoms with Crippen LogP contribution in [0.3, 0.4) is 0 Å². The van der Waals surface area contributed by atoms with Crippen molar-refractivity contribution in [3.8, 4) is 0 Å². The molecule has 4 aromatic heterocycles. The van der Waals surface area contributed by atoms with Crippen molar-refractivity contribution in [1.29, 1.82) is 0 Å². The zero-order valence-electron chi connectivity index (χ0n) is 9.32. The molecule has 0 saturated carbocycles. The molecule has 0 aliphatic carbocycles. The van der Waals surface area contributed by atoms with Crippen LogP contribution in [0.4, 0.5) is 0 Å². The minimum atomic E-state index is 0.664. The smallest absolute Gasteiger partial charge is 0.198 e. The lowest BCUT2D eigenvalue weighted by Crippen LogP contribution is -1.71. The Balaban J connectivity index is 0.000000111. The molecule has 0 bridgehead atoms. The highest BCUT2D eigenvalue weighted by atomic mass is 16.3. The molecule has 4 aromatic rings. The molecule has 0 amide bonds. The van der Waals surface area contributed by atoms with Gasteiger partial charge in [-0.25, -0.2) is 15.0 Å². The normalized spacial score (nSPS) is 10.2. The molecular formula is C12H9N5O. The minimum Gasteiger partial charge on any atom is -0.442 e. The van der Waals surface area contributed by atoms with Crippen LogP contribution in [-0.2, 0) is 0 Å². The number of pyridine rings is 2. The molecule has 0 aliphatic rings. The molecule has 0 atom stereocenters. The number of rotatable bonds is 0. The lowest BCUT2D eigenvalue weighted by atomic mass is 10.4. The number of hydrogen-bond donors (Lipinski definition) is 1. The van der Waals surface area contributed by atoms with Crippen LogP contribution < -0.4 is 0 Å². The molecule has 6 nitrogen and oxygen atoms in total. The van der Waals surface area contributed by atoms with Crippen LogP contribution in [0, 0.1) is 0 Å². The summed E-state index contributed by atoms with van der Waals surface area (Å²) >= 11 is 0. The van der Waals surface area contributed by atoms with Crippen molar-refractivity contribution in [2.75, 3.05) is 0 Å². The van der Waals surface area contributed by atoms with Crippen molar-refractivity contribution in [2.45, 2.75) is 0 Å². The van der Waals surface area contributed by atoms with Crippen LogP contribution in [0.1, 0.15) is 0 Å². The summed E-state index contributed by atoms with van der Waals surface area (Å²) in [7, 11) is 0. The maximum Gasteiger partial charge on any atom is 0.198 e. The van der Waals surface area contributed by atoms with E-state index >= 15 is 0 Å². The van der Waals surface area contributed by atoms with Gasteiger partial charge < -0.3 is 9.40 Å². The largest absolute Gasteiger partial charge is 0.442 e. The fourth-order valence-electron chi connectivity index (χ4n) is 1.48. The van der Waals surface area contributed by atoms with Crippen molar-refractivity contribution >= 4 is 22.4 Å². The molecule has 4 heterocycles. The van der Waals surface area contributed by atoms with E-state index in [9.17, 15) is 0 Å². The number of oxazole rings is 1. The third-order valence-corrected chi connectivity index (χ3v) is 2.30. The summed E-state index contributed by atoms with van der Waals surface area (Å²) in [5.41, 5.74) is 3.16. The monoisotopic (exact) mass is 239 g/mol. The quantitative estimate of drug-likeness (QED) is 0.508. The maximum absolute atomic E-state index is 4.94. The van der Waals surface area contributed by atoms with Crippen LogP contribution >= 0.6 is 0 Å². The molecule has 0 spiro atoms. The summed E-state index contributed by atoms with van der Waals surface area (Å²) < 4.78 is 4.94. The SMILES string of the molecule is c1cnc2nc[nH]c2c1.c1cnc2ncoc2c1. The molecule has 0 saturated heterocycles. The van der Waals surface area contributed by atoms with E-state index in [1.54, 1.807) is 18.7 Å². The third-order valence-electron chi connectivity index (χ3n) is 2.30. The van der Waals surface area contributed by atoms with Crippen LogP contribution in [0.25, 0.3) is 22.4 Å². The minimum absolute atomic E-state index is 0.664. The van der Waals surface area contributed by atoms with Crippen molar-refractivity contribution in [3.05, 3.63) is 49.4 Å². The van der Waals surface area contributed by atoms with Crippen LogP contribution in [-0.4, -0.2) is 24.9 Å². The summed E-state index contributed by atoms with van der Waals surface area (Å²) in [5, 5.41) is 0. The first-order valence-electron chi connectivity index (χ1n) is 5.32. The Kier molecular flexibility index (Phi) is 2.67. The van der Waals surface area contributed by atoms with Crippen LogP contribution in [0.15, 0.2) is 53.8 Å². The highest BCUT2D eigenvalue weighted by Gasteiger charge is 1.93. The fraction of sp³-hybridized carbons (Fsp3) is 0. The predicted octanol–water partition coefficient (Wildman–Crippen LogP) is 2.18. The van der Waals surface area contributed by atoms with Gasteiger partial charge in [-0.15, -0.1) is 0 Å². The van der Waals surface area contributed by atoms with Gasteiger partial charge in [-0.3, -0.25) is 0 Å². The van der Waals surface area contributed by atoms with Gasteiger partial charge in [0.15, 0.2) is 23.3 Å². The second kappa shape index (κ2) is 4.62. The summed E-state index contributed by atoms with van der Waals surface area (Å²) in [5.74, 6) is 0. The number of aromatic nitrogens is 5. The van der Waals surface area contributed by atoms with Gasteiger partial charge in [0.1, 0.15) is 0 Å². The van der Waals surface area contributed by atoms with Crippen molar-refractivity contribution in [3.63, 3.8) is 0 Å². The molecule has 88 valence electrons. The van der Waals surface area contributed by atoms with Gasteiger partial charge in [0, 0.05) is 12.4 Å². The lowest BCUT2D eigenvalue weighted by Gasteiger charge is -1.80. The predicted molar refractivity (Wildman–Crippen MR) is 65.7 cm³/mol. The Morgan fingerprint density at radius 1 is 0.889 bits per heavy atom. The highest BCUT2D eigenvalue weighted by molar-refractivity contribution is 5.68. The molecule has 18 heavy (non-hydrogen) atoms. The zero-order chi connectivity index (χ0) is 12.2. The van der Waals surface area contributed by atoms with E-state index in [0.29, 0.717) is 5.65 Å². The molecule has 6 heteroatoms. The molecule has 0 aromatic carbocycles. The van der Waals surface area contributed by atoms with E-state index in [0.717, 1.165) is 16.7 Å². The van der Waals surface area contributed by atoms with Gasteiger partial charge in [-0.1, -0.05) is 0 Å². The fourth-order valence-corrected chi connectivity index (χ4v) is 1.48. The first-order chi connectivity index (χ1) is 8.93. The topological polar surface area (TPSA) is 80.5 Å². The van der Waals surface area contributed by atoms with Crippen molar-refractivity contribution in [1.82, 2.24) is 24.9 Å². The van der Waals surface area contributed by atoms with Crippen LogP contribution in [0.5, 0.6) is 0 Å². The Morgan fingerprint density at radius 2 is 1.72 bits per heavy atom. The van der Waals surface area contributed by atoms with Gasteiger partial charge in [0.25, 0.3) is 0 Å². The molecule has 0 radical (unpaired) electrons. The van der Waals surface area contributed by atoms with E-state index in [-0.39, 0.29) is 0 Å². The van der Waals surface area contributed by atoms with Gasteiger partial charge in [-0.2, -0.15) is 4.98 Å². The van der Waals surface area contributed by atoms with E-state index in [2.05, 4.69) is 24.9 Å². The van der Waals surface area contributed by atoms with Crippen LogP contribution in [0.2, 0.25) is 0 Å². The molecular weight excluding hydrogens is 230 g/mol. The van der Waals surface area contributed by atoms with E-state index < -0.39 is 0 Å².